The number of thiazole rings is 1. The molecule has 7 aromatic heterocycles. The molecule has 11 rings (SSSR count). The van der Waals surface area contributed by atoms with E-state index >= 15 is 0 Å². The quantitative estimate of drug-likeness (QED) is 0.111. The van der Waals surface area contributed by atoms with Crippen molar-refractivity contribution in [2.45, 2.75) is 57.8 Å². The summed E-state index contributed by atoms with van der Waals surface area (Å²) in [5.74, 6) is 0. The minimum atomic E-state index is -0.0732. The third kappa shape index (κ3) is 8.05. The molecule has 7 heterocycles. The molecule has 0 atom stereocenters. The van der Waals surface area contributed by atoms with Gasteiger partial charge >= 0.3 is 0 Å². The minimum Gasteiger partial charge on any atom is -0.395 e. The van der Waals surface area contributed by atoms with Gasteiger partial charge in [-0.25, -0.2) is 9.83 Å². The monoisotopic (exact) mass is 1050 g/mol. The Morgan fingerprint density at radius 1 is 0.677 bits per heavy atom. The van der Waals surface area contributed by atoms with E-state index in [2.05, 4.69) is 113 Å². The third-order valence-electron chi connectivity index (χ3n) is 12.6. The molecule has 8 aromatic rings. The van der Waals surface area contributed by atoms with Crippen LogP contribution in [-0.4, -0.2) is 61.9 Å². The number of hydrogen-bond acceptors (Lipinski definition) is 13. The molecule has 0 radical (unpaired) electrons. The molecule has 0 amide bonds. The molecule has 65 heavy (non-hydrogen) atoms. The number of benzene rings is 1. The predicted molar refractivity (Wildman–Crippen MR) is 287 cm³/mol. The molecule has 2 N–H and O–H groups in total. The number of likely N-dealkylation sites (N-methyl/N-ethyl adjacent to an activating group) is 2. The second-order valence-electron chi connectivity index (χ2n) is 17.8. The van der Waals surface area contributed by atoms with Crippen LogP contribution in [0.15, 0.2) is 69.8 Å². The first-order chi connectivity index (χ1) is 31.0. The summed E-state index contributed by atoms with van der Waals surface area (Å²) in [6, 6.07) is 21.3. The standard InChI is InChI=1S/C24H21N3OS3.C15H17NO2S2.C11H9BrS2/c1-24(2)15-11-14(12-18(25-3)23-26-17-7-5-6-8-19(17)30-23)29-21(15)22-16(24)13-20(31-22)27(4)9-10-28;1-15(2)10-6-9(8-18)19-13(10)14-11(15)7-12(20-14)16(3)4-5-17;1-11(2)6-3-4-13-9(6)10-7(11)5-8(12)14-10/h5-8,11-13,28H,9-10H2,1-2,4H3;6-8,17H,4-5H2,1-3H3;3-5H,1-2H3/b18-12-;;. The smallest absolute Gasteiger partial charge is 0.223 e. The number of thiophene rings is 6. The Morgan fingerprint density at radius 3 is 1.75 bits per heavy atom. The number of fused-ring (bicyclic) bond motifs is 10. The molecule has 3 aliphatic carbocycles. The van der Waals surface area contributed by atoms with Gasteiger partial charge in [0.2, 0.25) is 5.70 Å². The van der Waals surface area contributed by atoms with E-state index in [-0.39, 0.29) is 29.5 Å². The first-order valence-electron chi connectivity index (χ1n) is 21.0. The Labute approximate surface area is 416 Å². The maximum absolute atomic E-state index is 11.0. The Morgan fingerprint density at radius 2 is 1.18 bits per heavy atom. The van der Waals surface area contributed by atoms with E-state index in [0.717, 1.165) is 31.3 Å². The van der Waals surface area contributed by atoms with Gasteiger partial charge in [0, 0.05) is 67.8 Å². The fourth-order valence-electron chi connectivity index (χ4n) is 8.80. The highest BCUT2D eigenvalue weighted by Crippen LogP contribution is 2.59. The number of nitrogens with zero attached hydrogens (tertiary/aromatic N) is 4. The third-order valence-corrected chi connectivity index (χ3v) is 21.4. The van der Waals surface area contributed by atoms with E-state index in [1.807, 2.05) is 73.2 Å². The van der Waals surface area contributed by atoms with Crippen LogP contribution >= 0.6 is 95.3 Å². The van der Waals surface area contributed by atoms with Crippen LogP contribution in [0.25, 0.3) is 56.1 Å². The largest absolute Gasteiger partial charge is 0.395 e. The molecule has 3 aliphatic rings. The van der Waals surface area contributed by atoms with Crippen molar-refractivity contribution in [3.63, 3.8) is 0 Å². The number of para-hydroxylation sites is 1. The summed E-state index contributed by atoms with van der Waals surface area (Å²) in [4.78, 5) is 33.6. The molecule has 334 valence electrons. The Kier molecular flexibility index (Phi) is 12.6. The van der Waals surface area contributed by atoms with Crippen molar-refractivity contribution < 1.29 is 15.0 Å². The molecule has 0 saturated heterocycles. The first-order valence-corrected chi connectivity index (χ1v) is 27.6. The number of rotatable bonds is 9. The van der Waals surface area contributed by atoms with Crippen molar-refractivity contribution in [3.8, 4) is 29.3 Å². The van der Waals surface area contributed by atoms with Crippen molar-refractivity contribution in [1.29, 1.82) is 0 Å². The lowest BCUT2D eigenvalue weighted by Crippen LogP contribution is -2.20. The van der Waals surface area contributed by atoms with Gasteiger partial charge in [0.05, 0.1) is 58.4 Å². The number of anilines is 2. The second-order valence-corrected chi connectivity index (χ2v) is 26.4. The molecule has 0 fully saturated rings. The average Bonchev–Trinajstić information content (AvgIpc) is 4.12. The zero-order valence-electron chi connectivity index (χ0n) is 37.2. The van der Waals surface area contributed by atoms with Crippen LogP contribution < -0.4 is 9.80 Å². The summed E-state index contributed by atoms with van der Waals surface area (Å²) in [5.41, 5.74) is 9.88. The normalized spacial score (nSPS) is 15.1. The van der Waals surface area contributed by atoms with E-state index in [9.17, 15) is 9.90 Å². The van der Waals surface area contributed by atoms with Crippen LogP contribution in [0.5, 0.6) is 0 Å². The van der Waals surface area contributed by atoms with E-state index in [0.29, 0.717) is 18.8 Å². The van der Waals surface area contributed by atoms with Crippen LogP contribution in [-0.2, 0) is 16.2 Å². The number of halogens is 1. The van der Waals surface area contributed by atoms with E-state index in [4.69, 9.17) is 11.7 Å². The summed E-state index contributed by atoms with van der Waals surface area (Å²) in [5, 5.41) is 23.7. The predicted octanol–water partition coefficient (Wildman–Crippen LogP) is 14.8. The highest BCUT2D eigenvalue weighted by Gasteiger charge is 2.41. The number of aldehydes is 1. The van der Waals surface area contributed by atoms with Gasteiger partial charge in [-0.3, -0.25) is 4.79 Å². The zero-order chi connectivity index (χ0) is 46.2. The molecular formula is C50H47BrN4O3S7. The Bertz CT molecular complexity index is 3140. The maximum atomic E-state index is 11.0. The molecule has 1 aromatic carbocycles. The van der Waals surface area contributed by atoms with Gasteiger partial charge in [-0.1, -0.05) is 53.7 Å². The number of carbonyl (C=O) groups excluding carboxylic acids is 1. The molecule has 0 unspecified atom stereocenters. The molecule has 15 heteroatoms. The summed E-state index contributed by atoms with van der Waals surface area (Å²) in [7, 11) is 4.02. The Balaban J connectivity index is 0.000000134. The Hall–Kier alpha value is -3.79. The van der Waals surface area contributed by atoms with E-state index in [1.165, 1.54) is 76.4 Å². The lowest BCUT2D eigenvalue weighted by Gasteiger charge is -2.20. The number of hydrogen-bond donors (Lipinski definition) is 2. The van der Waals surface area contributed by atoms with Crippen molar-refractivity contribution in [2.75, 3.05) is 50.2 Å². The van der Waals surface area contributed by atoms with Crippen LogP contribution in [0.3, 0.4) is 0 Å². The van der Waals surface area contributed by atoms with Crippen LogP contribution in [0.1, 0.15) is 94.5 Å². The fourth-order valence-corrected chi connectivity index (χ4v) is 18.0. The fraction of sp³-hybridized carbons (Fsp3) is 0.300. The number of aliphatic hydroxyl groups is 2. The lowest BCUT2D eigenvalue weighted by molar-refractivity contribution is 0.112. The van der Waals surface area contributed by atoms with Gasteiger partial charge in [-0.2, -0.15) is 0 Å². The number of carbonyl (C=O) groups is 1. The molecule has 0 bridgehead atoms. The average molecular weight is 1060 g/mol. The maximum Gasteiger partial charge on any atom is 0.223 e. The van der Waals surface area contributed by atoms with Gasteiger partial charge in [0.1, 0.15) is 5.01 Å². The van der Waals surface area contributed by atoms with Crippen LogP contribution in [0, 0.1) is 6.57 Å². The van der Waals surface area contributed by atoms with Crippen molar-refractivity contribution in [3.05, 3.63) is 129 Å². The van der Waals surface area contributed by atoms with E-state index < -0.39 is 0 Å². The molecule has 7 nitrogen and oxygen atoms in total. The lowest BCUT2D eigenvalue weighted by atomic mass is 9.84. The molecule has 0 saturated carbocycles. The number of aliphatic hydroxyl groups excluding tert-OH is 2. The van der Waals surface area contributed by atoms with Gasteiger partial charge in [0.15, 0.2) is 6.29 Å². The van der Waals surface area contributed by atoms with Gasteiger partial charge in [-0.15, -0.1) is 79.4 Å². The topological polar surface area (TPSA) is 81.3 Å². The van der Waals surface area contributed by atoms with Gasteiger partial charge in [-0.05, 0) is 109 Å². The highest BCUT2D eigenvalue weighted by atomic mass is 79.9. The van der Waals surface area contributed by atoms with E-state index in [1.54, 1.807) is 56.7 Å². The van der Waals surface area contributed by atoms with Gasteiger partial charge < -0.3 is 20.0 Å². The van der Waals surface area contributed by atoms with Crippen molar-refractivity contribution in [1.82, 2.24) is 4.98 Å². The van der Waals surface area contributed by atoms with Crippen molar-refractivity contribution >= 4 is 134 Å². The molecular weight excluding hydrogens is 1010 g/mol. The number of aromatic nitrogens is 1. The summed E-state index contributed by atoms with van der Waals surface area (Å²) in [6.07, 6.45) is 2.92. The minimum absolute atomic E-state index is 0.0444. The first kappa shape index (κ1) is 46.3. The SMILES string of the molecule is CC1(C)c2ccsc2-c2sc(Br)cc21.CN(CCO)c1cc2c(s1)-c1sc(C=O)cc1C2(C)C.[C-]#[N+]/C(=C\c1cc2c(s1)-c1sc(N(C)CCO)cc1C2(C)C)c1nc2ccccc2s1. The summed E-state index contributed by atoms with van der Waals surface area (Å²) in [6.45, 7) is 22.9. The van der Waals surface area contributed by atoms with Gasteiger partial charge in [0.25, 0.3) is 0 Å². The second kappa shape index (κ2) is 17.7. The molecule has 0 aliphatic heterocycles. The van der Waals surface area contributed by atoms with Crippen LogP contribution in [0.2, 0.25) is 0 Å². The molecule has 0 spiro atoms. The van der Waals surface area contributed by atoms with Crippen LogP contribution in [0.4, 0.5) is 10.0 Å². The summed E-state index contributed by atoms with van der Waals surface area (Å²) >= 11 is 15.7. The highest BCUT2D eigenvalue weighted by molar-refractivity contribution is 9.11. The van der Waals surface area contributed by atoms with Crippen molar-refractivity contribution in [2.24, 2.45) is 0 Å². The summed E-state index contributed by atoms with van der Waals surface area (Å²) < 4.78 is 2.35. The zero-order valence-corrected chi connectivity index (χ0v) is 44.5.